The van der Waals surface area contributed by atoms with Crippen molar-refractivity contribution in [2.24, 2.45) is 0 Å². The van der Waals surface area contributed by atoms with Gasteiger partial charge in [0.05, 0.1) is 0 Å². The van der Waals surface area contributed by atoms with Crippen LogP contribution in [0.3, 0.4) is 0 Å². The van der Waals surface area contributed by atoms with Gasteiger partial charge in [0.1, 0.15) is 5.75 Å². The Morgan fingerprint density at radius 1 is 0.875 bits per heavy atom. The van der Waals surface area contributed by atoms with E-state index >= 15 is 0 Å². The van der Waals surface area contributed by atoms with E-state index in [-0.39, 0.29) is 17.3 Å². The molecule has 0 spiro atoms. The SMILES string of the molecule is O=C1CCCC2=C1C(c1cc(Cl)ccc1O)C1=C(CCCC1=O)N2CCc1ccccc1. The number of phenolic OH excluding ortho intramolecular Hbond substituents is 1. The van der Waals surface area contributed by atoms with E-state index in [9.17, 15) is 14.7 Å². The van der Waals surface area contributed by atoms with Gasteiger partial charge in [0.25, 0.3) is 0 Å². The molecule has 4 nitrogen and oxygen atoms in total. The van der Waals surface area contributed by atoms with E-state index in [1.807, 2.05) is 18.2 Å². The third-order valence-corrected chi connectivity index (χ3v) is 7.09. The molecule has 1 N–H and O–H groups in total. The highest BCUT2D eigenvalue weighted by atomic mass is 35.5. The highest BCUT2D eigenvalue weighted by molar-refractivity contribution is 6.30. The molecule has 0 saturated carbocycles. The van der Waals surface area contributed by atoms with Crippen LogP contribution in [0.15, 0.2) is 71.1 Å². The van der Waals surface area contributed by atoms with E-state index in [1.54, 1.807) is 18.2 Å². The molecule has 0 unspecified atom stereocenters. The number of benzene rings is 2. The standard InChI is InChI=1S/C27H26ClNO3/c28-18-12-13-22(30)19(16-18)25-26-20(8-4-10-23(26)31)29(15-14-17-6-2-1-3-7-17)21-9-5-11-24(32)27(21)25/h1-3,6-7,12-13,16,25,30H,4-5,8-11,14-15H2. The van der Waals surface area contributed by atoms with Gasteiger partial charge in [0.15, 0.2) is 11.6 Å². The van der Waals surface area contributed by atoms with E-state index < -0.39 is 5.92 Å². The number of carbonyl (C=O) groups is 2. The molecule has 0 atom stereocenters. The summed E-state index contributed by atoms with van der Waals surface area (Å²) in [6, 6.07) is 15.2. The van der Waals surface area contributed by atoms with Gasteiger partial charge < -0.3 is 10.0 Å². The molecule has 3 aliphatic rings. The Balaban J connectivity index is 1.66. The number of carbonyl (C=O) groups excluding carboxylic acids is 2. The number of Topliss-reactive ketones (excluding diaryl/α,β-unsaturated/α-hetero) is 2. The molecular formula is C27H26ClNO3. The monoisotopic (exact) mass is 447 g/mol. The number of hydrogen-bond donors (Lipinski definition) is 1. The maximum absolute atomic E-state index is 13.3. The van der Waals surface area contributed by atoms with Gasteiger partial charge in [0, 0.05) is 58.4 Å². The summed E-state index contributed by atoms with van der Waals surface area (Å²) in [5.41, 5.74) is 5.19. The lowest BCUT2D eigenvalue weighted by Crippen LogP contribution is -2.40. The van der Waals surface area contributed by atoms with Gasteiger partial charge >= 0.3 is 0 Å². The van der Waals surface area contributed by atoms with E-state index in [0.29, 0.717) is 34.6 Å². The van der Waals surface area contributed by atoms with Crippen LogP contribution >= 0.6 is 11.6 Å². The third kappa shape index (κ3) is 3.67. The fourth-order valence-electron chi connectivity index (χ4n) is 5.44. The summed E-state index contributed by atoms with van der Waals surface area (Å²) in [5, 5.41) is 11.2. The van der Waals surface area contributed by atoms with Crippen molar-refractivity contribution < 1.29 is 14.7 Å². The Labute approximate surface area is 193 Å². The zero-order chi connectivity index (χ0) is 22.2. The molecular weight excluding hydrogens is 422 g/mol. The third-order valence-electron chi connectivity index (χ3n) is 6.85. The van der Waals surface area contributed by atoms with E-state index in [4.69, 9.17) is 11.6 Å². The molecule has 32 heavy (non-hydrogen) atoms. The minimum atomic E-state index is -0.535. The van der Waals surface area contributed by atoms with Crippen LogP contribution in [0.4, 0.5) is 0 Å². The van der Waals surface area contributed by atoms with Gasteiger partial charge in [-0.1, -0.05) is 41.9 Å². The maximum Gasteiger partial charge on any atom is 0.161 e. The number of allylic oxidation sites excluding steroid dienone is 4. The van der Waals surface area contributed by atoms with Crippen molar-refractivity contribution in [3.63, 3.8) is 0 Å². The fraction of sp³-hybridized carbons (Fsp3) is 0.333. The van der Waals surface area contributed by atoms with Crippen LogP contribution < -0.4 is 0 Å². The van der Waals surface area contributed by atoms with E-state index in [2.05, 4.69) is 17.0 Å². The van der Waals surface area contributed by atoms with Crippen LogP contribution in [0.5, 0.6) is 5.75 Å². The first-order valence-electron chi connectivity index (χ1n) is 11.4. The predicted octanol–water partition coefficient (Wildman–Crippen LogP) is 5.70. The van der Waals surface area contributed by atoms with Gasteiger partial charge in [-0.2, -0.15) is 0 Å². The number of rotatable bonds is 4. The molecule has 5 rings (SSSR count). The first kappa shape index (κ1) is 21.0. The van der Waals surface area contributed by atoms with Crippen molar-refractivity contribution in [1.29, 1.82) is 0 Å². The van der Waals surface area contributed by atoms with Gasteiger partial charge in [-0.25, -0.2) is 0 Å². The highest BCUT2D eigenvalue weighted by Gasteiger charge is 2.43. The lowest BCUT2D eigenvalue weighted by Gasteiger charge is -2.44. The number of phenols is 1. The van der Waals surface area contributed by atoms with Crippen molar-refractivity contribution in [2.75, 3.05) is 6.54 Å². The molecule has 2 aliphatic carbocycles. The largest absolute Gasteiger partial charge is 0.508 e. The minimum Gasteiger partial charge on any atom is -0.508 e. The van der Waals surface area contributed by atoms with Crippen LogP contribution in [0, 0.1) is 0 Å². The van der Waals surface area contributed by atoms with Gasteiger partial charge in [0.2, 0.25) is 0 Å². The van der Waals surface area contributed by atoms with Gasteiger partial charge in [-0.3, -0.25) is 9.59 Å². The van der Waals surface area contributed by atoms with E-state index in [0.717, 1.165) is 50.0 Å². The topological polar surface area (TPSA) is 57.6 Å². The Hall–Kier alpha value is -2.85. The molecule has 164 valence electrons. The Bertz CT molecular complexity index is 1100. The lowest BCUT2D eigenvalue weighted by molar-refractivity contribution is -0.117. The molecule has 0 aromatic heterocycles. The Kier molecular flexibility index (Phi) is 5.64. The minimum absolute atomic E-state index is 0.0743. The second-order valence-electron chi connectivity index (χ2n) is 8.80. The molecule has 0 bridgehead atoms. The molecule has 1 aliphatic heterocycles. The lowest BCUT2D eigenvalue weighted by atomic mass is 9.70. The summed E-state index contributed by atoms with van der Waals surface area (Å²) in [6.45, 7) is 0.733. The smallest absolute Gasteiger partial charge is 0.161 e. The maximum atomic E-state index is 13.3. The van der Waals surface area contributed by atoms with Crippen molar-refractivity contribution in [3.05, 3.63) is 87.2 Å². The fourth-order valence-corrected chi connectivity index (χ4v) is 5.62. The van der Waals surface area contributed by atoms with Crippen molar-refractivity contribution in [3.8, 4) is 5.75 Å². The quantitative estimate of drug-likeness (QED) is 0.653. The second kappa shape index (κ2) is 8.59. The zero-order valence-electron chi connectivity index (χ0n) is 17.9. The summed E-state index contributed by atoms with van der Waals surface area (Å²) in [6.07, 6.45) is 5.01. The van der Waals surface area contributed by atoms with Crippen LogP contribution in [-0.4, -0.2) is 28.1 Å². The Morgan fingerprint density at radius 2 is 1.50 bits per heavy atom. The van der Waals surface area contributed by atoms with Crippen LogP contribution in [0.25, 0.3) is 0 Å². The molecule has 1 heterocycles. The van der Waals surface area contributed by atoms with Crippen LogP contribution in [0.2, 0.25) is 5.02 Å². The molecule has 5 heteroatoms. The van der Waals surface area contributed by atoms with Gasteiger partial charge in [-0.05, 0) is 55.9 Å². The number of aromatic hydroxyl groups is 1. The molecule has 2 aromatic rings. The molecule has 0 radical (unpaired) electrons. The van der Waals surface area contributed by atoms with E-state index in [1.165, 1.54) is 5.56 Å². The summed E-state index contributed by atoms with van der Waals surface area (Å²) >= 11 is 6.28. The number of hydrogen-bond acceptors (Lipinski definition) is 4. The van der Waals surface area contributed by atoms with Crippen LogP contribution in [0.1, 0.15) is 55.6 Å². The first-order valence-corrected chi connectivity index (χ1v) is 11.7. The first-order chi connectivity index (χ1) is 15.5. The number of halogens is 1. The molecule has 0 fully saturated rings. The van der Waals surface area contributed by atoms with Crippen LogP contribution in [-0.2, 0) is 16.0 Å². The highest BCUT2D eigenvalue weighted by Crippen LogP contribution is 2.50. The van der Waals surface area contributed by atoms with Gasteiger partial charge in [-0.15, -0.1) is 0 Å². The summed E-state index contributed by atoms with van der Waals surface area (Å²) in [5.74, 6) is -0.310. The molecule has 2 aromatic carbocycles. The molecule has 0 saturated heterocycles. The summed E-state index contributed by atoms with van der Waals surface area (Å²) in [7, 11) is 0. The van der Waals surface area contributed by atoms with Crippen molar-refractivity contribution >= 4 is 23.2 Å². The number of ketones is 2. The second-order valence-corrected chi connectivity index (χ2v) is 9.23. The summed E-state index contributed by atoms with van der Waals surface area (Å²) in [4.78, 5) is 28.8. The number of nitrogens with zero attached hydrogens (tertiary/aromatic N) is 1. The summed E-state index contributed by atoms with van der Waals surface area (Å²) < 4.78 is 0. The Morgan fingerprint density at radius 3 is 2.12 bits per heavy atom. The van der Waals surface area contributed by atoms with Crippen molar-refractivity contribution in [1.82, 2.24) is 4.90 Å². The average Bonchev–Trinajstić information content (AvgIpc) is 2.80. The normalized spacial score (nSPS) is 19.3. The molecule has 0 amide bonds. The van der Waals surface area contributed by atoms with Crippen molar-refractivity contribution in [2.45, 2.75) is 50.9 Å². The average molecular weight is 448 g/mol. The predicted molar refractivity (Wildman–Crippen MR) is 124 cm³/mol. The zero-order valence-corrected chi connectivity index (χ0v) is 18.7.